The van der Waals surface area contributed by atoms with Gasteiger partial charge in [0.1, 0.15) is 18.0 Å². The molecule has 2 N–H and O–H groups in total. The van der Waals surface area contributed by atoms with Crippen LogP contribution in [0.5, 0.6) is 0 Å². The average Bonchev–Trinajstić information content (AvgIpc) is 3.47. The van der Waals surface area contributed by atoms with Crippen LogP contribution >= 0.6 is 0 Å². The third-order valence-corrected chi connectivity index (χ3v) is 9.24. The predicted molar refractivity (Wildman–Crippen MR) is 173 cm³/mol. The minimum absolute atomic E-state index is 0.0142. The first-order valence-corrected chi connectivity index (χ1v) is 16.7. The molecule has 1 atom stereocenters. The number of aromatic nitrogens is 1. The van der Waals surface area contributed by atoms with Crippen LogP contribution < -0.4 is 10.0 Å². The number of hydrogen-bond acceptors (Lipinski definition) is 9. The molecule has 2 heterocycles. The summed E-state index contributed by atoms with van der Waals surface area (Å²) >= 11 is 0. The summed E-state index contributed by atoms with van der Waals surface area (Å²) in [6.45, 7) is 9.94. The van der Waals surface area contributed by atoms with Crippen molar-refractivity contribution in [3.8, 4) is 17.2 Å². The summed E-state index contributed by atoms with van der Waals surface area (Å²) in [6.07, 6.45) is 2.05. The highest BCUT2D eigenvalue weighted by Crippen LogP contribution is 2.34. The van der Waals surface area contributed by atoms with Crippen LogP contribution in [0.1, 0.15) is 68.9 Å². The monoisotopic (exact) mass is 648 g/mol. The maximum absolute atomic E-state index is 13.7. The van der Waals surface area contributed by atoms with E-state index in [2.05, 4.69) is 22.1 Å². The number of carbonyl (C=O) groups is 2. The Morgan fingerprint density at radius 3 is 2.59 bits per heavy atom. The van der Waals surface area contributed by atoms with E-state index in [4.69, 9.17) is 19.5 Å². The molecule has 0 radical (unpaired) electrons. The summed E-state index contributed by atoms with van der Waals surface area (Å²) in [7, 11) is -4.05. The fourth-order valence-corrected chi connectivity index (χ4v) is 6.43. The molecule has 13 heteroatoms. The maximum atomic E-state index is 13.7. The van der Waals surface area contributed by atoms with Gasteiger partial charge in [-0.1, -0.05) is 54.9 Å². The Morgan fingerprint density at radius 2 is 1.91 bits per heavy atom. The predicted octanol–water partition coefficient (Wildman–Crippen LogP) is 5.02. The molecule has 0 spiro atoms. The van der Waals surface area contributed by atoms with Crippen LogP contribution in [-0.2, 0) is 37.5 Å². The number of ether oxygens (including phenoxy) is 1. The number of amides is 2. The first-order chi connectivity index (χ1) is 21.9. The van der Waals surface area contributed by atoms with E-state index in [1.165, 1.54) is 6.07 Å². The second kappa shape index (κ2) is 14.7. The van der Waals surface area contributed by atoms with Gasteiger partial charge in [-0.15, -0.1) is 0 Å². The third-order valence-electron chi connectivity index (χ3n) is 7.84. The van der Waals surface area contributed by atoms with Gasteiger partial charge in [0.05, 0.1) is 30.7 Å². The largest absolute Gasteiger partial charge is 0.377 e. The fourth-order valence-electron chi connectivity index (χ4n) is 5.15. The Bertz CT molecular complexity index is 1780. The SMILES string of the molecule is CCCCC1=N[C@](C)(CNC(=O)CC#N)C(=O)N1Cc1ccc(-c2ccccc2S(=O)(=O)Nc2noc(C)c2C)c(COCC)c1. The van der Waals surface area contributed by atoms with Crippen LogP contribution in [0.4, 0.5) is 5.82 Å². The summed E-state index contributed by atoms with van der Waals surface area (Å²) in [5.41, 5.74) is 2.12. The fraction of sp³-hybridized carbons (Fsp3) is 0.424. The molecule has 0 saturated carbocycles. The highest BCUT2D eigenvalue weighted by molar-refractivity contribution is 7.92. The molecular weight excluding hydrogens is 608 g/mol. The number of aliphatic imine (C=N–C) groups is 1. The molecule has 0 unspecified atom stereocenters. The molecule has 0 aliphatic carbocycles. The highest BCUT2D eigenvalue weighted by Gasteiger charge is 2.44. The van der Waals surface area contributed by atoms with Crippen LogP contribution in [0, 0.1) is 25.2 Å². The van der Waals surface area contributed by atoms with Crippen molar-refractivity contribution in [1.29, 1.82) is 5.26 Å². The van der Waals surface area contributed by atoms with Gasteiger partial charge in [-0.2, -0.15) is 5.26 Å². The maximum Gasteiger partial charge on any atom is 0.263 e. The van der Waals surface area contributed by atoms with E-state index in [1.807, 2.05) is 31.2 Å². The number of carbonyl (C=O) groups excluding carboxylic acids is 2. The molecule has 3 aromatic rings. The van der Waals surface area contributed by atoms with Gasteiger partial charge in [0.25, 0.3) is 15.9 Å². The van der Waals surface area contributed by atoms with Crippen molar-refractivity contribution < 1.29 is 27.3 Å². The molecule has 2 amide bonds. The third kappa shape index (κ3) is 7.63. The smallest absolute Gasteiger partial charge is 0.263 e. The Labute approximate surface area is 269 Å². The number of nitriles is 1. The molecule has 1 aromatic heterocycles. The average molecular weight is 649 g/mol. The zero-order valence-corrected chi connectivity index (χ0v) is 27.7. The van der Waals surface area contributed by atoms with Crippen molar-refractivity contribution in [1.82, 2.24) is 15.4 Å². The van der Waals surface area contributed by atoms with Gasteiger partial charge >= 0.3 is 0 Å². The summed E-state index contributed by atoms with van der Waals surface area (Å²) in [5.74, 6) is 0.585. The second-order valence-corrected chi connectivity index (χ2v) is 13.0. The number of amidine groups is 1. The lowest BCUT2D eigenvalue weighted by Crippen LogP contribution is -2.47. The number of nitrogens with one attached hydrogen (secondary N) is 2. The zero-order valence-electron chi connectivity index (χ0n) is 26.8. The first-order valence-electron chi connectivity index (χ1n) is 15.2. The van der Waals surface area contributed by atoms with Gasteiger partial charge in [0, 0.05) is 24.2 Å². The van der Waals surface area contributed by atoms with Gasteiger partial charge in [0.15, 0.2) is 11.4 Å². The van der Waals surface area contributed by atoms with E-state index >= 15 is 0 Å². The molecule has 4 rings (SSSR count). The van der Waals surface area contributed by atoms with Crippen molar-refractivity contribution in [3.05, 3.63) is 64.9 Å². The summed E-state index contributed by atoms with van der Waals surface area (Å²) in [5, 5.41) is 15.3. The van der Waals surface area contributed by atoms with Crippen molar-refractivity contribution in [2.75, 3.05) is 17.9 Å². The van der Waals surface area contributed by atoms with Crippen molar-refractivity contribution >= 4 is 33.5 Å². The summed E-state index contributed by atoms with van der Waals surface area (Å²) in [6, 6.07) is 14.1. The highest BCUT2D eigenvalue weighted by atomic mass is 32.2. The van der Waals surface area contributed by atoms with E-state index in [9.17, 15) is 18.0 Å². The quantitative estimate of drug-likeness (QED) is 0.232. The first kappa shape index (κ1) is 34.3. The molecule has 46 heavy (non-hydrogen) atoms. The zero-order chi connectivity index (χ0) is 33.5. The summed E-state index contributed by atoms with van der Waals surface area (Å²) < 4.78 is 40.7. The number of sulfonamides is 1. The molecule has 0 fully saturated rings. The van der Waals surface area contributed by atoms with E-state index in [1.54, 1.807) is 43.9 Å². The lowest BCUT2D eigenvalue weighted by Gasteiger charge is -2.24. The Balaban J connectivity index is 1.67. The number of unbranched alkanes of at least 4 members (excludes halogenated alkanes) is 1. The van der Waals surface area contributed by atoms with E-state index < -0.39 is 21.5 Å². The second-order valence-electron chi connectivity index (χ2n) is 11.4. The topological polar surface area (TPSA) is 167 Å². The van der Waals surface area contributed by atoms with Crippen LogP contribution in [0.3, 0.4) is 0 Å². The van der Waals surface area contributed by atoms with E-state index in [0.29, 0.717) is 41.3 Å². The van der Waals surface area contributed by atoms with Gasteiger partial charge in [-0.05, 0) is 56.9 Å². The van der Waals surface area contributed by atoms with Crippen LogP contribution in [0.15, 0.2) is 56.9 Å². The number of benzene rings is 2. The lowest BCUT2D eigenvalue weighted by atomic mass is 9.97. The van der Waals surface area contributed by atoms with Crippen LogP contribution in [0.2, 0.25) is 0 Å². The molecular formula is C33H40N6O6S. The number of aryl methyl sites for hydroxylation is 1. The number of nitrogens with zero attached hydrogens (tertiary/aromatic N) is 4. The Morgan fingerprint density at radius 1 is 1.15 bits per heavy atom. The van der Waals surface area contributed by atoms with Crippen molar-refractivity contribution in [3.63, 3.8) is 0 Å². The molecule has 0 bridgehead atoms. The van der Waals surface area contributed by atoms with Crippen molar-refractivity contribution in [2.24, 2.45) is 4.99 Å². The number of hydrogen-bond donors (Lipinski definition) is 2. The number of rotatable bonds is 15. The number of anilines is 1. The van der Waals surface area contributed by atoms with E-state index in [-0.39, 0.29) is 42.7 Å². The minimum atomic E-state index is -4.05. The Kier molecular flexibility index (Phi) is 11.0. The molecule has 12 nitrogen and oxygen atoms in total. The van der Waals surface area contributed by atoms with E-state index in [0.717, 1.165) is 24.0 Å². The standard InChI is InChI=1S/C33H40N6O6S/c1-6-8-13-29-36-33(5,21-35-30(40)16-17-34)32(41)39(29)19-24-14-15-26(25(18-24)20-44-7-2)27-11-9-10-12-28(27)46(42,43)38-31-22(3)23(4)45-37-31/h9-12,14-15,18H,6-8,13,16,19-21H2,1-5H3,(H,35,40)(H,37,38)/t33-/m1/s1. The Hall–Kier alpha value is -4.54. The molecule has 1 aliphatic heterocycles. The summed E-state index contributed by atoms with van der Waals surface area (Å²) in [4.78, 5) is 32.2. The molecule has 0 saturated heterocycles. The van der Waals surface area contributed by atoms with Gasteiger partial charge in [-0.25, -0.2) is 8.42 Å². The molecule has 244 valence electrons. The molecule has 2 aromatic carbocycles. The van der Waals surface area contributed by atoms with Crippen LogP contribution in [-0.4, -0.2) is 54.8 Å². The molecule has 1 aliphatic rings. The van der Waals surface area contributed by atoms with Crippen LogP contribution in [0.25, 0.3) is 11.1 Å². The lowest BCUT2D eigenvalue weighted by molar-refractivity contribution is -0.131. The van der Waals surface area contributed by atoms with Gasteiger partial charge in [-0.3, -0.25) is 24.2 Å². The van der Waals surface area contributed by atoms with Crippen molar-refractivity contribution in [2.45, 2.75) is 83.9 Å². The minimum Gasteiger partial charge on any atom is -0.377 e. The van der Waals surface area contributed by atoms with Gasteiger partial charge < -0.3 is 14.6 Å². The normalized spacial score (nSPS) is 16.3. The van der Waals surface area contributed by atoms with Gasteiger partial charge in [0.2, 0.25) is 5.91 Å².